The van der Waals surface area contributed by atoms with E-state index in [0.29, 0.717) is 11.1 Å². The van der Waals surface area contributed by atoms with Gasteiger partial charge in [0, 0.05) is 23.5 Å². The van der Waals surface area contributed by atoms with Crippen LogP contribution in [-0.2, 0) is 9.53 Å². The summed E-state index contributed by atoms with van der Waals surface area (Å²) in [6, 6.07) is 17.9. The number of aromatic nitrogens is 1. The van der Waals surface area contributed by atoms with Gasteiger partial charge in [-0.25, -0.2) is 4.79 Å². The maximum Gasteiger partial charge on any atom is 0.339 e. The van der Waals surface area contributed by atoms with Crippen LogP contribution in [0.3, 0.4) is 0 Å². The lowest BCUT2D eigenvalue weighted by molar-refractivity contribution is -0.110. The van der Waals surface area contributed by atoms with Gasteiger partial charge in [0.05, 0.1) is 16.8 Å². The fourth-order valence-electron chi connectivity index (χ4n) is 3.68. The highest BCUT2D eigenvalue weighted by molar-refractivity contribution is 6.47. The Morgan fingerprint density at radius 3 is 2.52 bits per heavy atom. The van der Waals surface area contributed by atoms with Crippen molar-refractivity contribution < 1.29 is 19.1 Å². The molecule has 2 heterocycles. The lowest BCUT2D eigenvalue weighted by Crippen LogP contribution is -2.39. The molecule has 2 aromatic carbocycles. The molecule has 3 N–H and O–H groups in total. The van der Waals surface area contributed by atoms with Crippen LogP contribution in [0.15, 0.2) is 78.2 Å². The molecule has 9 nitrogen and oxygen atoms in total. The van der Waals surface area contributed by atoms with Gasteiger partial charge in [-0.05, 0) is 30.3 Å². The SMILES string of the molecule is N#Cc1ccccc1NC(=O)/C(=N\N)[C@H](C(=O)c1ccncc1)[C@H]1OC(=O)c2ccccc21. The molecule has 162 valence electrons. The lowest BCUT2D eigenvalue weighted by Gasteiger charge is -2.23. The molecule has 0 radical (unpaired) electrons. The van der Waals surface area contributed by atoms with Gasteiger partial charge in [0.2, 0.25) is 0 Å². The molecule has 9 heteroatoms. The zero-order valence-electron chi connectivity index (χ0n) is 17.1. The Bertz CT molecular complexity index is 1310. The predicted octanol–water partition coefficient (Wildman–Crippen LogP) is 2.62. The Labute approximate surface area is 188 Å². The molecule has 33 heavy (non-hydrogen) atoms. The molecule has 1 aliphatic heterocycles. The molecule has 1 aliphatic rings. The van der Waals surface area contributed by atoms with Crippen molar-refractivity contribution in [3.8, 4) is 6.07 Å². The number of hydrazone groups is 1. The van der Waals surface area contributed by atoms with Crippen LogP contribution in [0.4, 0.5) is 5.69 Å². The minimum Gasteiger partial charge on any atom is -0.453 e. The van der Waals surface area contributed by atoms with Crippen molar-refractivity contribution in [3.05, 3.63) is 95.3 Å². The third-order valence-electron chi connectivity index (χ3n) is 5.23. The molecule has 0 spiro atoms. The summed E-state index contributed by atoms with van der Waals surface area (Å²) < 4.78 is 5.52. The number of esters is 1. The minimum atomic E-state index is -1.33. The predicted molar refractivity (Wildman–Crippen MR) is 118 cm³/mol. The zero-order chi connectivity index (χ0) is 23.4. The fraction of sp³-hybridized carbons (Fsp3) is 0.0833. The van der Waals surface area contributed by atoms with Crippen molar-refractivity contribution in [3.63, 3.8) is 0 Å². The van der Waals surface area contributed by atoms with Crippen LogP contribution >= 0.6 is 0 Å². The largest absolute Gasteiger partial charge is 0.453 e. The first-order chi connectivity index (χ1) is 16.0. The number of carbonyl (C=O) groups is 3. The van der Waals surface area contributed by atoms with Crippen LogP contribution in [0.25, 0.3) is 0 Å². The number of fused-ring (bicyclic) bond motifs is 1. The smallest absolute Gasteiger partial charge is 0.339 e. The van der Waals surface area contributed by atoms with Crippen molar-refractivity contribution >= 4 is 29.1 Å². The molecule has 0 bridgehead atoms. The van der Waals surface area contributed by atoms with E-state index in [0.717, 1.165) is 0 Å². The Morgan fingerprint density at radius 2 is 1.79 bits per heavy atom. The van der Waals surface area contributed by atoms with E-state index in [4.69, 9.17) is 10.6 Å². The molecule has 0 saturated carbocycles. The van der Waals surface area contributed by atoms with Crippen molar-refractivity contribution in [1.29, 1.82) is 5.26 Å². The standard InChI is InChI=1S/C24H17N5O4/c25-13-15-5-1-4-8-18(15)28-23(31)20(29-26)19(21(30)14-9-11-27-12-10-14)22-16-6-2-3-7-17(16)24(32)33-22/h1-12,19,22H,26H2,(H,28,31)/b29-20-/t19-,22+/m1/s1. The van der Waals surface area contributed by atoms with E-state index >= 15 is 0 Å². The van der Waals surface area contributed by atoms with Gasteiger partial charge in [-0.2, -0.15) is 10.4 Å². The molecule has 0 aliphatic carbocycles. The fourth-order valence-corrected chi connectivity index (χ4v) is 3.68. The van der Waals surface area contributed by atoms with Gasteiger partial charge in [-0.1, -0.05) is 30.3 Å². The Morgan fingerprint density at radius 1 is 1.09 bits per heavy atom. The van der Waals surface area contributed by atoms with Crippen LogP contribution in [0.5, 0.6) is 0 Å². The van der Waals surface area contributed by atoms with Crippen molar-refractivity contribution in [2.45, 2.75) is 6.10 Å². The molecule has 4 rings (SSSR count). The number of hydrogen-bond donors (Lipinski definition) is 2. The highest BCUT2D eigenvalue weighted by atomic mass is 16.5. The number of Topliss-reactive ketones (excluding diaryl/α,β-unsaturated/α-hetero) is 1. The Kier molecular flexibility index (Phi) is 5.91. The van der Waals surface area contributed by atoms with Crippen LogP contribution in [0, 0.1) is 17.2 Å². The van der Waals surface area contributed by atoms with E-state index in [1.165, 1.54) is 36.7 Å². The minimum absolute atomic E-state index is 0.219. The van der Waals surface area contributed by atoms with Crippen LogP contribution in [-0.4, -0.2) is 28.4 Å². The molecule has 0 unspecified atom stereocenters. The molecule has 2 atom stereocenters. The van der Waals surface area contributed by atoms with Gasteiger partial charge >= 0.3 is 5.97 Å². The summed E-state index contributed by atoms with van der Waals surface area (Å²) in [5, 5.41) is 15.5. The number of cyclic esters (lactones) is 1. The summed E-state index contributed by atoms with van der Waals surface area (Å²) in [7, 11) is 0. The van der Waals surface area contributed by atoms with E-state index < -0.39 is 29.7 Å². The van der Waals surface area contributed by atoms with Crippen LogP contribution in [0.1, 0.15) is 37.9 Å². The van der Waals surface area contributed by atoms with E-state index in [2.05, 4.69) is 15.4 Å². The average molecular weight is 439 g/mol. The molecular weight excluding hydrogens is 422 g/mol. The number of nitrogens with zero attached hydrogens (tertiary/aromatic N) is 3. The second-order valence-electron chi connectivity index (χ2n) is 7.12. The second kappa shape index (κ2) is 9.11. The van der Waals surface area contributed by atoms with Gasteiger partial charge in [0.1, 0.15) is 23.8 Å². The van der Waals surface area contributed by atoms with Crippen molar-refractivity contribution in [2.75, 3.05) is 5.32 Å². The zero-order valence-corrected chi connectivity index (χ0v) is 17.1. The van der Waals surface area contributed by atoms with Gasteiger partial charge in [0.25, 0.3) is 5.91 Å². The molecule has 0 saturated heterocycles. The first-order valence-electron chi connectivity index (χ1n) is 9.87. The van der Waals surface area contributed by atoms with Crippen molar-refractivity contribution in [1.82, 2.24) is 4.98 Å². The summed E-state index contributed by atoms with van der Waals surface area (Å²) >= 11 is 0. The average Bonchev–Trinajstić information content (AvgIpc) is 3.19. The molecular formula is C24H17N5O4. The Hall–Kier alpha value is -4.84. The maximum atomic E-state index is 13.5. The number of anilines is 1. The summed E-state index contributed by atoms with van der Waals surface area (Å²) in [6.45, 7) is 0. The highest BCUT2D eigenvalue weighted by Crippen LogP contribution is 2.38. The quantitative estimate of drug-likeness (QED) is 0.197. The number of nitrogens with two attached hydrogens (primary N) is 1. The summed E-state index contributed by atoms with van der Waals surface area (Å²) in [5.41, 5.74) is 1.07. The maximum absolute atomic E-state index is 13.5. The van der Waals surface area contributed by atoms with Crippen LogP contribution in [0.2, 0.25) is 0 Å². The van der Waals surface area contributed by atoms with E-state index in [1.807, 2.05) is 6.07 Å². The summed E-state index contributed by atoms with van der Waals surface area (Å²) in [5.74, 6) is 2.32. The number of rotatable bonds is 6. The number of hydrogen-bond acceptors (Lipinski definition) is 8. The molecule has 1 aromatic heterocycles. The van der Waals surface area contributed by atoms with Gasteiger partial charge < -0.3 is 15.9 Å². The number of para-hydroxylation sites is 1. The Balaban J connectivity index is 1.77. The summed E-state index contributed by atoms with van der Waals surface area (Å²) in [4.78, 5) is 43.1. The summed E-state index contributed by atoms with van der Waals surface area (Å²) in [6.07, 6.45) is 1.75. The monoisotopic (exact) mass is 439 g/mol. The second-order valence-corrected chi connectivity index (χ2v) is 7.12. The lowest BCUT2D eigenvalue weighted by atomic mass is 9.84. The normalized spacial score (nSPS) is 15.7. The third-order valence-corrected chi connectivity index (χ3v) is 5.23. The molecule has 1 amide bonds. The first kappa shape index (κ1) is 21.4. The topological polar surface area (TPSA) is 148 Å². The number of amides is 1. The van der Waals surface area contributed by atoms with Gasteiger partial charge in [-0.15, -0.1) is 0 Å². The van der Waals surface area contributed by atoms with E-state index in [1.54, 1.807) is 36.4 Å². The van der Waals surface area contributed by atoms with Crippen molar-refractivity contribution in [2.24, 2.45) is 16.9 Å². The van der Waals surface area contributed by atoms with Gasteiger partial charge in [-0.3, -0.25) is 14.6 Å². The number of ketones is 1. The number of nitriles is 1. The van der Waals surface area contributed by atoms with E-state index in [-0.39, 0.29) is 22.5 Å². The van der Waals surface area contributed by atoms with E-state index in [9.17, 15) is 19.6 Å². The number of ether oxygens (including phenoxy) is 1. The number of benzene rings is 2. The molecule has 3 aromatic rings. The third kappa shape index (κ3) is 4.05. The van der Waals surface area contributed by atoms with Crippen LogP contribution < -0.4 is 11.2 Å². The number of carbonyl (C=O) groups excluding carboxylic acids is 3. The highest BCUT2D eigenvalue weighted by Gasteiger charge is 2.45. The first-order valence-corrected chi connectivity index (χ1v) is 9.87. The number of nitrogens with one attached hydrogen (secondary N) is 1. The molecule has 0 fully saturated rings. The van der Waals surface area contributed by atoms with Gasteiger partial charge in [0.15, 0.2) is 5.78 Å². The number of pyridine rings is 1.